The molecule has 6 nitrogen and oxygen atoms in total. The number of benzene rings is 2. The van der Waals surface area contributed by atoms with E-state index in [0.717, 1.165) is 81.7 Å². The van der Waals surface area contributed by atoms with E-state index in [0.29, 0.717) is 12.2 Å². The van der Waals surface area contributed by atoms with E-state index in [4.69, 9.17) is 0 Å². The molecule has 0 aliphatic carbocycles. The normalized spacial score (nSPS) is 14.9. The number of hydrogen-bond acceptors (Lipinski definition) is 4. The lowest BCUT2D eigenvalue weighted by Crippen LogP contribution is -2.47. The lowest BCUT2D eigenvalue weighted by molar-refractivity contribution is -0.119. The van der Waals surface area contributed by atoms with Crippen LogP contribution in [0, 0.1) is 0 Å². The number of amides is 1. The van der Waals surface area contributed by atoms with Crippen LogP contribution in [-0.4, -0.2) is 71.6 Å². The van der Waals surface area contributed by atoms with Crippen LogP contribution in [0.1, 0.15) is 51.0 Å². The fourth-order valence-corrected chi connectivity index (χ4v) is 5.19. The summed E-state index contributed by atoms with van der Waals surface area (Å²) < 4.78 is 0. The molecule has 0 saturated carbocycles. The van der Waals surface area contributed by atoms with Gasteiger partial charge in [0, 0.05) is 68.5 Å². The van der Waals surface area contributed by atoms with Crippen LogP contribution in [0.4, 0.5) is 5.69 Å². The molecule has 1 aliphatic rings. The van der Waals surface area contributed by atoms with E-state index in [-0.39, 0.29) is 5.91 Å². The molecule has 36 heavy (non-hydrogen) atoms. The van der Waals surface area contributed by atoms with Gasteiger partial charge in [0.25, 0.3) is 0 Å². The highest BCUT2D eigenvalue weighted by atomic mass is 16.3. The zero-order chi connectivity index (χ0) is 25.2. The van der Waals surface area contributed by atoms with Crippen molar-refractivity contribution in [2.45, 2.75) is 51.9 Å². The van der Waals surface area contributed by atoms with Crippen molar-refractivity contribution in [3.8, 4) is 5.75 Å². The number of aromatic hydroxyl groups is 1. The zero-order valence-corrected chi connectivity index (χ0v) is 21.8. The number of nitrogens with zero attached hydrogens (tertiary/aromatic N) is 3. The summed E-state index contributed by atoms with van der Waals surface area (Å²) >= 11 is 0. The molecule has 194 valence electrons. The van der Waals surface area contributed by atoms with Crippen molar-refractivity contribution in [1.29, 1.82) is 0 Å². The number of anilines is 1. The molecule has 3 aromatic rings. The fourth-order valence-electron chi connectivity index (χ4n) is 5.19. The minimum atomic E-state index is 0.241. The number of carbonyl (C=O) groups is 1. The first kappa shape index (κ1) is 26.2. The number of para-hydroxylation sites is 1. The van der Waals surface area contributed by atoms with Crippen molar-refractivity contribution in [2.24, 2.45) is 0 Å². The predicted molar refractivity (Wildman–Crippen MR) is 149 cm³/mol. The van der Waals surface area contributed by atoms with E-state index in [1.807, 2.05) is 35.2 Å². The zero-order valence-electron chi connectivity index (χ0n) is 21.8. The van der Waals surface area contributed by atoms with Crippen LogP contribution in [0.3, 0.4) is 0 Å². The van der Waals surface area contributed by atoms with Crippen molar-refractivity contribution in [1.82, 2.24) is 14.8 Å². The number of aromatic amines is 1. The Labute approximate surface area is 215 Å². The number of aromatic nitrogens is 1. The third kappa shape index (κ3) is 7.34. The van der Waals surface area contributed by atoms with Crippen LogP contribution < -0.4 is 4.90 Å². The van der Waals surface area contributed by atoms with Gasteiger partial charge in [0.15, 0.2) is 0 Å². The van der Waals surface area contributed by atoms with Gasteiger partial charge >= 0.3 is 0 Å². The van der Waals surface area contributed by atoms with Gasteiger partial charge in [0.1, 0.15) is 5.75 Å². The number of piperazine rings is 1. The van der Waals surface area contributed by atoms with Crippen LogP contribution in [0.2, 0.25) is 0 Å². The first-order chi connectivity index (χ1) is 17.6. The lowest BCUT2D eigenvalue weighted by Gasteiger charge is -2.35. The Morgan fingerprint density at radius 3 is 2.44 bits per heavy atom. The van der Waals surface area contributed by atoms with Crippen LogP contribution in [0.25, 0.3) is 10.9 Å². The van der Waals surface area contributed by atoms with E-state index in [1.54, 1.807) is 6.07 Å². The largest absolute Gasteiger partial charge is 0.508 e. The summed E-state index contributed by atoms with van der Waals surface area (Å²) in [6, 6.07) is 15.7. The Morgan fingerprint density at radius 2 is 1.69 bits per heavy atom. The molecule has 0 unspecified atom stereocenters. The van der Waals surface area contributed by atoms with Crippen molar-refractivity contribution in [3.05, 3.63) is 60.3 Å². The molecule has 2 aromatic carbocycles. The minimum Gasteiger partial charge on any atom is -0.508 e. The average Bonchev–Trinajstić information content (AvgIpc) is 3.30. The molecule has 1 aliphatic heterocycles. The smallest absolute Gasteiger partial charge is 0.228 e. The SMILES string of the molecule is CCCCCCN(C(=O)CCN1CCN(CCCc2c[nH]c3ccc(O)cc23)CC1)c1ccccc1. The molecular formula is C30H42N4O2. The van der Waals surface area contributed by atoms with Crippen molar-refractivity contribution >= 4 is 22.5 Å². The third-order valence-corrected chi connectivity index (χ3v) is 7.38. The fraction of sp³-hybridized carbons (Fsp3) is 0.500. The first-order valence-corrected chi connectivity index (χ1v) is 13.7. The van der Waals surface area contributed by atoms with Crippen molar-refractivity contribution in [2.75, 3.05) is 50.7 Å². The summed E-state index contributed by atoms with van der Waals surface area (Å²) in [6.07, 6.45) is 9.44. The highest BCUT2D eigenvalue weighted by Gasteiger charge is 2.20. The standard InChI is InChI=1S/C30H42N4O2/c1-2-3-4-8-17-34(26-11-6-5-7-12-26)30(36)15-18-33-21-19-32(20-22-33)16-9-10-25-24-31-29-14-13-27(35)23-28(25)29/h5-7,11-14,23-24,31,35H,2-4,8-10,15-22H2,1H3. The van der Waals surface area contributed by atoms with E-state index in [1.165, 1.54) is 24.8 Å². The van der Waals surface area contributed by atoms with Gasteiger partial charge in [0.05, 0.1) is 0 Å². The topological polar surface area (TPSA) is 62.8 Å². The van der Waals surface area contributed by atoms with Gasteiger partial charge in [-0.25, -0.2) is 0 Å². The molecular weight excluding hydrogens is 448 g/mol. The van der Waals surface area contributed by atoms with Crippen molar-refractivity contribution < 1.29 is 9.90 Å². The number of H-pyrrole nitrogens is 1. The number of phenolic OH excluding ortho intramolecular Hbond substituents is 1. The number of phenols is 1. The van der Waals surface area contributed by atoms with Gasteiger partial charge in [-0.3, -0.25) is 4.79 Å². The lowest BCUT2D eigenvalue weighted by atomic mass is 10.1. The van der Waals surface area contributed by atoms with Crippen LogP contribution in [0.15, 0.2) is 54.7 Å². The van der Waals surface area contributed by atoms with E-state index >= 15 is 0 Å². The first-order valence-electron chi connectivity index (χ1n) is 13.7. The number of unbranched alkanes of at least 4 members (excludes halogenated alkanes) is 3. The Balaban J connectivity index is 1.18. The monoisotopic (exact) mass is 490 g/mol. The second-order valence-corrected chi connectivity index (χ2v) is 10.0. The number of hydrogen-bond donors (Lipinski definition) is 2. The molecule has 1 saturated heterocycles. The Hall–Kier alpha value is -2.83. The number of rotatable bonds is 13. The summed E-state index contributed by atoms with van der Waals surface area (Å²) in [5.74, 6) is 0.561. The Kier molecular flexibility index (Phi) is 9.82. The number of nitrogens with one attached hydrogen (secondary N) is 1. The molecule has 0 radical (unpaired) electrons. The van der Waals surface area contributed by atoms with E-state index in [9.17, 15) is 9.90 Å². The quantitative estimate of drug-likeness (QED) is 0.314. The van der Waals surface area contributed by atoms with Gasteiger partial charge in [-0.05, 0) is 61.7 Å². The number of fused-ring (bicyclic) bond motifs is 1. The van der Waals surface area contributed by atoms with Crippen LogP contribution in [0.5, 0.6) is 5.75 Å². The predicted octanol–water partition coefficient (Wildman–Crippen LogP) is 5.43. The van der Waals surface area contributed by atoms with Gasteiger partial charge in [-0.2, -0.15) is 0 Å². The Morgan fingerprint density at radius 1 is 0.944 bits per heavy atom. The van der Waals surface area contributed by atoms with Crippen LogP contribution in [-0.2, 0) is 11.2 Å². The molecule has 4 rings (SSSR count). The second-order valence-electron chi connectivity index (χ2n) is 10.0. The second kappa shape index (κ2) is 13.5. The molecule has 2 heterocycles. The summed E-state index contributed by atoms with van der Waals surface area (Å²) in [5, 5.41) is 10.9. The Bertz CT molecular complexity index is 1070. The summed E-state index contributed by atoms with van der Waals surface area (Å²) in [5.41, 5.74) is 3.38. The highest BCUT2D eigenvalue weighted by molar-refractivity contribution is 5.93. The van der Waals surface area contributed by atoms with E-state index < -0.39 is 0 Å². The van der Waals surface area contributed by atoms with Crippen molar-refractivity contribution in [3.63, 3.8) is 0 Å². The molecule has 0 bridgehead atoms. The van der Waals surface area contributed by atoms with E-state index in [2.05, 4.69) is 40.0 Å². The third-order valence-electron chi connectivity index (χ3n) is 7.38. The minimum absolute atomic E-state index is 0.241. The van der Waals surface area contributed by atoms with Gasteiger partial charge < -0.3 is 24.8 Å². The van der Waals surface area contributed by atoms with Crippen LogP contribution >= 0.6 is 0 Å². The summed E-state index contributed by atoms with van der Waals surface area (Å²) in [7, 11) is 0. The molecule has 1 amide bonds. The van der Waals surface area contributed by atoms with Gasteiger partial charge in [-0.15, -0.1) is 0 Å². The summed E-state index contributed by atoms with van der Waals surface area (Å²) in [6.45, 7) is 9.11. The maximum atomic E-state index is 13.2. The van der Waals surface area contributed by atoms with Gasteiger partial charge in [0.2, 0.25) is 5.91 Å². The summed E-state index contributed by atoms with van der Waals surface area (Å²) in [4.78, 5) is 23.4. The number of aryl methyl sites for hydroxylation is 1. The van der Waals surface area contributed by atoms with Gasteiger partial charge in [-0.1, -0.05) is 44.4 Å². The maximum Gasteiger partial charge on any atom is 0.228 e. The highest BCUT2D eigenvalue weighted by Crippen LogP contribution is 2.24. The molecule has 1 aromatic heterocycles. The molecule has 0 spiro atoms. The average molecular weight is 491 g/mol. The number of carbonyl (C=O) groups excluding carboxylic acids is 1. The molecule has 1 fully saturated rings. The molecule has 0 atom stereocenters. The molecule has 6 heteroatoms. The molecule has 2 N–H and O–H groups in total. The maximum absolute atomic E-state index is 13.2.